The molecular weight excluding hydrogens is 661 g/mol. The number of carbonyl (C=O) groups excluding carboxylic acids is 3. The molecule has 0 radical (unpaired) electrons. The normalized spacial score (nSPS) is 11.9. The summed E-state index contributed by atoms with van der Waals surface area (Å²) in [5.74, 6) is -0.0296. The molecule has 0 spiro atoms. The third kappa shape index (κ3) is 41.4. The molecule has 0 bridgehead atoms. The topological polar surface area (TPSA) is 78.9 Å². The average Bonchev–Trinajstić information content (AvgIpc) is 3.14. The smallest absolute Gasteiger partial charge is 0.306 e. The molecule has 0 saturated heterocycles. The number of carbonyl (C=O) groups is 3. The fourth-order valence-corrected chi connectivity index (χ4v) is 6.98. The van der Waals surface area contributed by atoms with Crippen LogP contribution in [0.5, 0.6) is 0 Å². The van der Waals surface area contributed by atoms with Crippen molar-refractivity contribution in [3.05, 3.63) is 0 Å². The standard InChI is InChI=1S/C47H90O6/c1-5-7-9-11-13-15-16-19-23-27-31-35-39-46(49)52-42-44(41-51-45(48)38-34-30-26-21-14-12-10-8-6-2)53-47(50)40-36-32-28-24-20-17-18-22-25-29-33-37-43(3)4/h43-44H,5-42H2,1-4H3/t44-/m0/s1. The molecule has 0 unspecified atom stereocenters. The number of unbranched alkanes of at least 4 members (excludes halogenated alkanes) is 29. The lowest BCUT2D eigenvalue weighted by Crippen LogP contribution is -2.30. The molecule has 314 valence electrons. The van der Waals surface area contributed by atoms with Crippen molar-refractivity contribution in [3.8, 4) is 0 Å². The first-order chi connectivity index (χ1) is 25.9. The van der Waals surface area contributed by atoms with E-state index in [0.717, 1.165) is 63.7 Å². The summed E-state index contributed by atoms with van der Waals surface area (Å²) in [6.45, 7) is 8.98. The average molecular weight is 751 g/mol. The Bertz CT molecular complexity index is 796. The van der Waals surface area contributed by atoms with Crippen LogP contribution in [0.1, 0.15) is 259 Å². The van der Waals surface area contributed by atoms with Gasteiger partial charge in [-0.25, -0.2) is 0 Å². The molecule has 53 heavy (non-hydrogen) atoms. The van der Waals surface area contributed by atoms with Crippen molar-refractivity contribution in [1.29, 1.82) is 0 Å². The molecule has 6 heteroatoms. The number of hydrogen-bond acceptors (Lipinski definition) is 6. The third-order valence-electron chi connectivity index (χ3n) is 10.5. The Labute approximate surface area is 329 Å². The van der Waals surface area contributed by atoms with Crippen molar-refractivity contribution in [3.63, 3.8) is 0 Å². The van der Waals surface area contributed by atoms with Gasteiger partial charge >= 0.3 is 17.9 Å². The van der Waals surface area contributed by atoms with E-state index in [4.69, 9.17) is 14.2 Å². The van der Waals surface area contributed by atoms with E-state index in [1.54, 1.807) is 0 Å². The molecule has 6 nitrogen and oxygen atoms in total. The molecule has 0 aliphatic rings. The molecule has 0 aliphatic heterocycles. The summed E-state index contributed by atoms with van der Waals surface area (Å²) in [5.41, 5.74) is 0. The Balaban J connectivity index is 4.31. The molecule has 0 aliphatic carbocycles. The summed E-state index contributed by atoms with van der Waals surface area (Å²) in [4.78, 5) is 37.7. The van der Waals surface area contributed by atoms with E-state index in [1.165, 1.54) is 154 Å². The Kier molecular flexibility index (Phi) is 40.3. The fourth-order valence-electron chi connectivity index (χ4n) is 6.98. The number of hydrogen-bond donors (Lipinski definition) is 0. The van der Waals surface area contributed by atoms with Gasteiger partial charge in [0.2, 0.25) is 0 Å². The first-order valence-electron chi connectivity index (χ1n) is 23.4. The molecule has 0 rings (SSSR count). The molecule has 0 aromatic carbocycles. The Morgan fingerprint density at radius 1 is 0.358 bits per heavy atom. The lowest BCUT2D eigenvalue weighted by Gasteiger charge is -2.18. The van der Waals surface area contributed by atoms with Crippen molar-refractivity contribution in [2.24, 2.45) is 5.92 Å². The zero-order chi connectivity index (χ0) is 38.9. The van der Waals surface area contributed by atoms with Crippen molar-refractivity contribution < 1.29 is 28.6 Å². The maximum absolute atomic E-state index is 12.7. The minimum Gasteiger partial charge on any atom is -0.462 e. The Hall–Kier alpha value is -1.59. The van der Waals surface area contributed by atoms with Gasteiger partial charge in [-0.2, -0.15) is 0 Å². The Morgan fingerprint density at radius 2 is 0.623 bits per heavy atom. The largest absolute Gasteiger partial charge is 0.462 e. The monoisotopic (exact) mass is 751 g/mol. The number of esters is 3. The first kappa shape index (κ1) is 51.4. The van der Waals surface area contributed by atoms with Gasteiger partial charge in [0.25, 0.3) is 0 Å². The van der Waals surface area contributed by atoms with Crippen molar-refractivity contribution in [1.82, 2.24) is 0 Å². The van der Waals surface area contributed by atoms with Crippen LogP contribution in [0.15, 0.2) is 0 Å². The second-order valence-electron chi connectivity index (χ2n) is 16.5. The van der Waals surface area contributed by atoms with E-state index in [-0.39, 0.29) is 31.1 Å². The third-order valence-corrected chi connectivity index (χ3v) is 10.5. The van der Waals surface area contributed by atoms with Crippen molar-refractivity contribution in [2.45, 2.75) is 265 Å². The van der Waals surface area contributed by atoms with Gasteiger partial charge in [-0.15, -0.1) is 0 Å². The van der Waals surface area contributed by atoms with E-state index in [0.29, 0.717) is 19.3 Å². The number of ether oxygens (including phenoxy) is 3. The van der Waals surface area contributed by atoms with Crippen molar-refractivity contribution >= 4 is 17.9 Å². The molecule has 0 aromatic rings. The van der Waals surface area contributed by atoms with Crippen LogP contribution in [-0.4, -0.2) is 37.2 Å². The lowest BCUT2D eigenvalue weighted by atomic mass is 10.0. The van der Waals surface area contributed by atoms with Crippen LogP contribution < -0.4 is 0 Å². The predicted molar refractivity (Wildman–Crippen MR) is 224 cm³/mol. The summed E-state index contributed by atoms with van der Waals surface area (Å²) in [6.07, 6.45) is 40.8. The van der Waals surface area contributed by atoms with E-state index in [2.05, 4.69) is 27.7 Å². The molecule has 1 atom stereocenters. The summed E-state index contributed by atoms with van der Waals surface area (Å²) in [7, 11) is 0. The highest BCUT2D eigenvalue weighted by molar-refractivity contribution is 5.71. The highest BCUT2D eigenvalue weighted by Crippen LogP contribution is 2.16. The van der Waals surface area contributed by atoms with Crippen LogP contribution in [0.25, 0.3) is 0 Å². The van der Waals surface area contributed by atoms with Gasteiger partial charge in [-0.05, 0) is 25.2 Å². The zero-order valence-electron chi connectivity index (χ0n) is 36.0. The van der Waals surface area contributed by atoms with Gasteiger partial charge in [-0.1, -0.05) is 220 Å². The number of rotatable bonds is 42. The highest BCUT2D eigenvalue weighted by atomic mass is 16.6. The van der Waals surface area contributed by atoms with Crippen LogP contribution >= 0.6 is 0 Å². The molecule has 0 N–H and O–H groups in total. The van der Waals surface area contributed by atoms with E-state index < -0.39 is 6.10 Å². The molecule has 0 heterocycles. The van der Waals surface area contributed by atoms with E-state index in [9.17, 15) is 14.4 Å². The molecular formula is C47H90O6. The maximum Gasteiger partial charge on any atom is 0.306 e. The zero-order valence-corrected chi connectivity index (χ0v) is 36.0. The molecule has 0 aromatic heterocycles. The second-order valence-corrected chi connectivity index (χ2v) is 16.5. The second kappa shape index (κ2) is 41.6. The molecule has 0 saturated carbocycles. The van der Waals surface area contributed by atoms with Crippen LogP contribution in [0, 0.1) is 5.92 Å². The summed E-state index contributed by atoms with van der Waals surface area (Å²) in [5, 5.41) is 0. The van der Waals surface area contributed by atoms with Gasteiger partial charge in [0, 0.05) is 19.3 Å². The minimum atomic E-state index is -0.758. The van der Waals surface area contributed by atoms with Crippen LogP contribution in [-0.2, 0) is 28.6 Å². The molecule has 0 fully saturated rings. The van der Waals surface area contributed by atoms with Crippen molar-refractivity contribution in [2.75, 3.05) is 13.2 Å². The van der Waals surface area contributed by atoms with Crippen LogP contribution in [0.2, 0.25) is 0 Å². The molecule has 0 amide bonds. The maximum atomic E-state index is 12.7. The summed E-state index contributed by atoms with van der Waals surface area (Å²) < 4.78 is 16.7. The van der Waals surface area contributed by atoms with Crippen LogP contribution in [0.4, 0.5) is 0 Å². The first-order valence-corrected chi connectivity index (χ1v) is 23.4. The highest BCUT2D eigenvalue weighted by Gasteiger charge is 2.19. The quantitative estimate of drug-likeness (QED) is 0.0351. The van der Waals surface area contributed by atoms with Gasteiger partial charge in [0.15, 0.2) is 6.10 Å². The van der Waals surface area contributed by atoms with Gasteiger partial charge in [0.1, 0.15) is 13.2 Å². The SMILES string of the molecule is CCCCCCCCCCCCCCC(=O)OC[C@H](COC(=O)CCCCCCCCCCC)OC(=O)CCCCCCCCCCCCCC(C)C. The Morgan fingerprint density at radius 3 is 0.925 bits per heavy atom. The lowest BCUT2D eigenvalue weighted by molar-refractivity contribution is -0.167. The van der Waals surface area contributed by atoms with E-state index >= 15 is 0 Å². The van der Waals surface area contributed by atoms with Gasteiger partial charge in [-0.3, -0.25) is 14.4 Å². The predicted octanol–water partition coefficient (Wildman–Crippen LogP) is 14.7. The fraction of sp³-hybridized carbons (Fsp3) is 0.936. The summed E-state index contributed by atoms with van der Waals surface area (Å²) in [6, 6.07) is 0. The minimum absolute atomic E-state index is 0.0636. The van der Waals surface area contributed by atoms with E-state index in [1.807, 2.05) is 0 Å². The summed E-state index contributed by atoms with van der Waals surface area (Å²) >= 11 is 0. The van der Waals surface area contributed by atoms with Gasteiger partial charge < -0.3 is 14.2 Å². The van der Waals surface area contributed by atoms with Crippen LogP contribution in [0.3, 0.4) is 0 Å². The van der Waals surface area contributed by atoms with Gasteiger partial charge in [0.05, 0.1) is 0 Å².